The minimum absolute atomic E-state index is 0.0661. The third kappa shape index (κ3) is 4.09. The molecule has 2 fully saturated rings. The van der Waals surface area contributed by atoms with Gasteiger partial charge >= 0.3 is 6.03 Å². The Labute approximate surface area is 129 Å². The summed E-state index contributed by atoms with van der Waals surface area (Å²) in [4.78, 5) is 14.3. The Morgan fingerprint density at radius 3 is 2.95 bits per heavy atom. The number of hydrogen-bond acceptors (Lipinski definition) is 3. The zero-order valence-corrected chi connectivity index (χ0v) is 12.6. The lowest BCUT2D eigenvalue weighted by Crippen LogP contribution is -2.48. The molecule has 1 aliphatic carbocycles. The molecule has 1 saturated heterocycles. The summed E-state index contributed by atoms with van der Waals surface area (Å²) in [6.45, 7) is 3.17. The smallest absolute Gasteiger partial charge is 0.319 e. The minimum Gasteiger partial charge on any atom is -0.374 e. The molecule has 0 aromatic heterocycles. The van der Waals surface area contributed by atoms with E-state index in [1.54, 1.807) is 12.1 Å². The molecule has 2 aliphatic rings. The van der Waals surface area contributed by atoms with Crippen molar-refractivity contribution in [1.29, 1.82) is 0 Å². The predicted molar refractivity (Wildman–Crippen MR) is 82.8 cm³/mol. The van der Waals surface area contributed by atoms with Crippen LogP contribution in [0.3, 0.4) is 0 Å². The Kier molecular flexibility index (Phi) is 4.63. The summed E-state index contributed by atoms with van der Waals surface area (Å²) in [6.07, 6.45) is 2.66. The number of carbonyl (C=O) groups is 1. The number of nitrogens with zero attached hydrogens (tertiary/aromatic N) is 1. The minimum atomic E-state index is -0.254. The molecule has 3 rings (SSSR count). The van der Waals surface area contributed by atoms with Crippen LogP contribution >= 0.6 is 11.6 Å². The van der Waals surface area contributed by atoms with Crippen molar-refractivity contribution in [1.82, 2.24) is 10.2 Å². The molecule has 21 heavy (non-hydrogen) atoms. The van der Waals surface area contributed by atoms with E-state index in [0.29, 0.717) is 17.3 Å². The van der Waals surface area contributed by atoms with Crippen LogP contribution < -0.4 is 10.6 Å². The molecule has 0 bridgehead atoms. The van der Waals surface area contributed by atoms with Crippen LogP contribution in [0.5, 0.6) is 0 Å². The maximum atomic E-state index is 11.9. The molecule has 1 saturated carbocycles. The first kappa shape index (κ1) is 14.6. The molecule has 0 spiro atoms. The fourth-order valence-electron chi connectivity index (χ4n) is 2.57. The number of carbonyl (C=O) groups excluding carboxylic acids is 1. The third-order valence-corrected chi connectivity index (χ3v) is 4.18. The summed E-state index contributed by atoms with van der Waals surface area (Å²) in [5.41, 5.74) is 0.612. The van der Waals surface area contributed by atoms with E-state index in [4.69, 9.17) is 16.3 Å². The van der Waals surface area contributed by atoms with Crippen molar-refractivity contribution in [2.45, 2.75) is 25.0 Å². The monoisotopic (exact) mass is 309 g/mol. The van der Waals surface area contributed by atoms with E-state index < -0.39 is 0 Å². The van der Waals surface area contributed by atoms with Crippen LogP contribution in [0, 0.1) is 0 Å². The van der Waals surface area contributed by atoms with Gasteiger partial charge in [0, 0.05) is 25.7 Å². The quantitative estimate of drug-likeness (QED) is 0.897. The molecule has 2 amide bonds. The number of benzene rings is 1. The molecule has 114 valence electrons. The number of anilines is 1. The maximum absolute atomic E-state index is 11.9. The Balaban J connectivity index is 1.44. The van der Waals surface area contributed by atoms with Gasteiger partial charge in [-0.2, -0.15) is 0 Å². The highest BCUT2D eigenvalue weighted by Crippen LogP contribution is 2.28. The number of halogens is 1. The fraction of sp³-hybridized carbons (Fsp3) is 0.533. The summed E-state index contributed by atoms with van der Waals surface area (Å²) in [7, 11) is 0. The molecule has 1 aliphatic heterocycles. The average molecular weight is 310 g/mol. The Bertz CT molecular complexity index is 507. The van der Waals surface area contributed by atoms with Crippen molar-refractivity contribution in [3.63, 3.8) is 0 Å². The highest BCUT2D eigenvalue weighted by molar-refractivity contribution is 6.33. The molecule has 1 atom stereocenters. The summed E-state index contributed by atoms with van der Waals surface area (Å²) in [6, 6.07) is 7.67. The van der Waals surface area contributed by atoms with Gasteiger partial charge in [0.25, 0.3) is 0 Å². The van der Waals surface area contributed by atoms with Crippen molar-refractivity contribution in [3.05, 3.63) is 29.3 Å². The van der Waals surface area contributed by atoms with E-state index >= 15 is 0 Å². The summed E-state index contributed by atoms with van der Waals surface area (Å²) in [5.74, 6) is 0. The zero-order chi connectivity index (χ0) is 14.7. The van der Waals surface area contributed by atoms with Crippen molar-refractivity contribution >= 4 is 23.3 Å². The molecule has 0 radical (unpaired) electrons. The highest BCUT2D eigenvalue weighted by atomic mass is 35.5. The van der Waals surface area contributed by atoms with Gasteiger partial charge in [-0.15, -0.1) is 0 Å². The van der Waals surface area contributed by atoms with E-state index in [0.717, 1.165) is 25.7 Å². The molecule has 5 nitrogen and oxygen atoms in total. The van der Waals surface area contributed by atoms with Crippen LogP contribution in [0.2, 0.25) is 5.02 Å². The van der Waals surface area contributed by atoms with Gasteiger partial charge in [0.15, 0.2) is 0 Å². The number of ether oxygens (including phenoxy) is 1. The van der Waals surface area contributed by atoms with Gasteiger partial charge in [-0.1, -0.05) is 23.7 Å². The van der Waals surface area contributed by atoms with Crippen LogP contribution in [-0.2, 0) is 4.74 Å². The van der Waals surface area contributed by atoms with Crippen LogP contribution in [-0.4, -0.2) is 49.3 Å². The molecular formula is C15H20ClN3O2. The van der Waals surface area contributed by atoms with Crippen molar-refractivity contribution in [2.24, 2.45) is 0 Å². The first-order chi connectivity index (χ1) is 10.2. The number of nitrogens with one attached hydrogen (secondary N) is 2. The van der Waals surface area contributed by atoms with Crippen LogP contribution in [0.25, 0.3) is 0 Å². The second kappa shape index (κ2) is 6.64. The van der Waals surface area contributed by atoms with Crippen molar-refractivity contribution in [3.8, 4) is 0 Å². The normalized spacial score (nSPS) is 22.8. The van der Waals surface area contributed by atoms with Crippen molar-refractivity contribution in [2.75, 3.05) is 31.6 Å². The standard InChI is InChI=1S/C15H20ClN3O2/c16-13-3-1-2-4-14(13)18-15(20)17-9-12-10-19(7-8-21-12)11-5-6-11/h1-4,11-12H,5-10H2,(H2,17,18,20). The average Bonchev–Trinajstić information content (AvgIpc) is 3.33. The largest absolute Gasteiger partial charge is 0.374 e. The molecule has 1 aromatic carbocycles. The first-order valence-corrected chi connectivity index (χ1v) is 7.75. The Morgan fingerprint density at radius 1 is 1.38 bits per heavy atom. The molecule has 6 heteroatoms. The SMILES string of the molecule is O=C(NCC1CN(C2CC2)CCO1)Nc1ccccc1Cl. The summed E-state index contributed by atoms with van der Waals surface area (Å²) >= 11 is 6.00. The van der Waals surface area contributed by atoms with Gasteiger partial charge < -0.3 is 15.4 Å². The lowest BCUT2D eigenvalue weighted by Gasteiger charge is -2.33. The second-order valence-electron chi connectivity index (χ2n) is 5.53. The number of para-hydroxylation sites is 1. The van der Waals surface area contributed by atoms with Gasteiger partial charge in [-0.25, -0.2) is 4.79 Å². The van der Waals surface area contributed by atoms with Crippen LogP contribution in [0.15, 0.2) is 24.3 Å². The van der Waals surface area contributed by atoms with Gasteiger partial charge in [-0.3, -0.25) is 4.90 Å². The summed E-state index contributed by atoms with van der Waals surface area (Å²) in [5, 5.41) is 6.12. The zero-order valence-electron chi connectivity index (χ0n) is 11.8. The number of rotatable bonds is 4. The number of urea groups is 1. The lowest BCUT2D eigenvalue weighted by atomic mass is 10.2. The summed E-state index contributed by atoms with van der Waals surface area (Å²) < 4.78 is 5.70. The van der Waals surface area contributed by atoms with Gasteiger partial charge in [0.2, 0.25) is 0 Å². The van der Waals surface area contributed by atoms with E-state index in [1.807, 2.05) is 12.1 Å². The number of morpholine rings is 1. The second-order valence-corrected chi connectivity index (χ2v) is 5.94. The van der Waals surface area contributed by atoms with E-state index in [-0.39, 0.29) is 12.1 Å². The predicted octanol–water partition coefficient (Wildman–Crippen LogP) is 2.32. The molecule has 1 unspecified atom stereocenters. The van der Waals surface area contributed by atoms with Crippen molar-refractivity contribution < 1.29 is 9.53 Å². The van der Waals surface area contributed by atoms with Crippen LogP contribution in [0.4, 0.5) is 10.5 Å². The lowest BCUT2D eigenvalue weighted by molar-refractivity contribution is -0.0286. The van der Waals surface area contributed by atoms with E-state index in [9.17, 15) is 4.79 Å². The van der Waals surface area contributed by atoms with E-state index in [1.165, 1.54) is 12.8 Å². The number of hydrogen-bond donors (Lipinski definition) is 2. The molecule has 2 N–H and O–H groups in total. The highest BCUT2D eigenvalue weighted by Gasteiger charge is 2.32. The van der Waals surface area contributed by atoms with Crippen LogP contribution in [0.1, 0.15) is 12.8 Å². The number of amides is 2. The first-order valence-electron chi connectivity index (χ1n) is 7.37. The fourth-order valence-corrected chi connectivity index (χ4v) is 2.76. The van der Waals surface area contributed by atoms with E-state index in [2.05, 4.69) is 15.5 Å². The van der Waals surface area contributed by atoms with Gasteiger partial charge in [0.05, 0.1) is 23.4 Å². The topological polar surface area (TPSA) is 53.6 Å². The third-order valence-electron chi connectivity index (χ3n) is 3.85. The molecule has 1 heterocycles. The Hall–Kier alpha value is -1.30. The molecule has 1 aromatic rings. The maximum Gasteiger partial charge on any atom is 0.319 e. The Morgan fingerprint density at radius 2 is 2.19 bits per heavy atom. The molecular weight excluding hydrogens is 290 g/mol. The van der Waals surface area contributed by atoms with Gasteiger partial charge in [-0.05, 0) is 25.0 Å². The van der Waals surface area contributed by atoms with Gasteiger partial charge in [0.1, 0.15) is 0 Å².